The van der Waals surface area contributed by atoms with E-state index in [0.717, 1.165) is 21.8 Å². The third kappa shape index (κ3) is 3.20. The van der Waals surface area contributed by atoms with Gasteiger partial charge in [0, 0.05) is 11.0 Å². The lowest BCUT2D eigenvalue weighted by molar-refractivity contribution is -0.137. The van der Waals surface area contributed by atoms with Crippen LogP contribution in [-0.4, -0.2) is 23.7 Å². The van der Waals surface area contributed by atoms with Crippen molar-refractivity contribution in [2.45, 2.75) is 13.8 Å². The van der Waals surface area contributed by atoms with Gasteiger partial charge in [0.15, 0.2) is 0 Å². The lowest BCUT2D eigenvalue weighted by Crippen LogP contribution is -1.98. The van der Waals surface area contributed by atoms with Crippen LogP contribution in [0.3, 0.4) is 0 Å². The third-order valence-corrected chi connectivity index (χ3v) is 3.01. The Balaban J connectivity index is 2.81. The number of carboxylic acids is 1. The first-order chi connectivity index (χ1) is 7.54. The second kappa shape index (κ2) is 5.46. The molecule has 0 unspecified atom stereocenters. The molecule has 0 aliphatic rings. The molecular weight excluding hydrogens is 228 g/mol. The van der Waals surface area contributed by atoms with Crippen molar-refractivity contribution in [1.29, 1.82) is 0 Å². The first-order valence-electron chi connectivity index (χ1n) is 4.73. The van der Waals surface area contributed by atoms with Crippen molar-refractivity contribution in [2.24, 2.45) is 0 Å². The average Bonchev–Trinajstić information content (AvgIpc) is 2.58. The first-order valence-corrected chi connectivity index (χ1v) is 5.54. The summed E-state index contributed by atoms with van der Waals surface area (Å²) in [6.45, 7) is 3.85. The van der Waals surface area contributed by atoms with E-state index in [1.54, 1.807) is 26.0 Å². The summed E-state index contributed by atoms with van der Waals surface area (Å²) in [5.74, 6) is -1.38. The Hall–Kier alpha value is -1.62. The van der Waals surface area contributed by atoms with Crippen LogP contribution < -0.4 is 0 Å². The standard InChI is InChI=1S/C11H12O4S/c1-3-15-10(12)5-4-8-7(2)6-9(16-8)11(13)14/h4-6H,3H2,1-2H3,(H,13,14). The van der Waals surface area contributed by atoms with Gasteiger partial charge in [-0.2, -0.15) is 0 Å². The number of carbonyl (C=O) groups is 2. The van der Waals surface area contributed by atoms with Crippen molar-refractivity contribution >= 4 is 29.4 Å². The van der Waals surface area contributed by atoms with E-state index in [1.807, 2.05) is 0 Å². The Kier molecular flexibility index (Phi) is 4.25. The van der Waals surface area contributed by atoms with Crippen LogP contribution in [0.4, 0.5) is 0 Å². The minimum atomic E-state index is -0.955. The van der Waals surface area contributed by atoms with Crippen molar-refractivity contribution in [3.05, 3.63) is 27.5 Å². The fourth-order valence-electron chi connectivity index (χ4n) is 1.10. The minimum Gasteiger partial charge on any atom is -0.477 e. The van der Waals surface area contributed by atoms with E-state index in [2.05, 4.69) is 0 Å². The Morgan fingerprint density at radius 3 is 2.75 bits per heavy atom. The topological polar surface area (TPSA) is 63.6 Å². The van der Waals surface area contributed by atoms with Gasteiger partial charge in [0.25, 0.3) is 0 Å². The van der Waals surface area contributed by atoms with Gasteiger partial charge in [-0.3, -0.25) is 0 Å². The van der Waals surface area contributed by atoms with Crippen molar-refractivity contribution < 1.29 is 19.4 Å². The molecule has 1 N–H and O–H groups in total. The summed E-state index contributed by atoms with van der Waals surface area (Å²) >= 11 is 1.13. The molecule has 86 valence electrons. The molecule has 5 heteroatoms. The molecule has 16 heavy (non-hydrogen) atoms. The molecule has 1 aromatic rings. The van der Waals surface area contributed by atoms with Gasteiger partial charge in [0.2, 0.25) is 0 Å². The average molecular weight is 240 g/mol. The van der Waals surface area contributed by atoms with Crippen LogP contribution in [0.5, 0.6) is 0 Å². The quantitative estimate of drug-likeness (QED) is 0.648. The predicted octanol–water partition coefficient (Wildman–Crippen LogP) is 2.33. The molecule has 0 aliphatic heterocycles. The highest BCUT2D eigenvalue weighted by atomic mass is 32.1. The number of hydrogen-bond donors (Lipinski definition) is 1. The highest BCUT2D eigenvalue weighted by Crippen LogP contribution is 2.23. The zero-order valence-corrected chi connectivity index (χ0v) is 9.84. The number of ether oxygens (including phenoxy) is 1. The Morgan fingerprint density at radius 2 is 2.25 bits per heavy atom. The van der Waals surface area contributed by atoms with Crippen LogP contribution in [0.15, 0.2) is 12.1 Å². The van der Waals surface area contributed by atoms with E-state index >= 15 is 0 Å². The zero-order valence-electron chi connectivity index (χ0n) is 9.02. The van der Waals surface area contributed by atoms with Gasteiger partial charge in [-0.25, -0.2) is 9.59 Å². The molecule has 1 rings (SSSR count). The van der Waals surface area contributed by atoms with E-state index in [1.165, 1.54) is 6.08 Å². The predicted molar refractivity (Wildman–Crippen MR) is 61.7 cm³/mol. The van der Waals surface area contributed by atoms with Gasteiger partial charge < -0.3 is 9.84 Å². The summed E-state index contributed by atoms with van der Waals surface area (Å²) in [6, 6.07) is 1.58. The van der Waals surface area contributed by atoms with Crippen molar-refractivity contribution in [1.82, 2.24) is 0 Å². The van der Waals surface area contributed by atoms with Crippen molar-refractivity contribution in [3.8, 4) is 0 Å². The molecule has 1 heterocycles. The number of hydrogen-bond acceptors (Lipinski definition) is 4. The van der Waals surface area contributed by atoms with E-state index in [9.17, 15) is 9.59 Å². The van der Waals surface area contributed by atoms with Crippen LogP contribution in [0, 0.1) is 6.92 Å². The summed E-state index contributed by atoms with van der Waals surface area (Å²) in [7, 11) is 0. The molecule has 0 aromatic carbocycles. The maximum atomic E-state index is 11.0. The van der Waals surface area contributed by atoms with E-state index < -0.39 is 11.9 Å². The molecule has 0 saturated heterocycles. The number of carboxylic acid groups (broad SMARTS) is 1. The van der Waals surface area contributed by atoms with Gasteiger partial charge in [0.05, 0.1) is 6.61 Å². The highest BCUT2D eigenvalue weighted by molar-refractivity contribution is 7.15. The normalized spacial score (nSPS) is 10.6. The van der Waals surface area contributed by atoms with E-state index in [-0.39, 0.29) is 4.88 Å². The largest absolute Gasteiger partial charge is 0.477 e. The summed E-state index contributed by atoms with van der Waals surface area (Å²) in [4.78, 5) is 22.8. The summed E-state index contributed by atoms with van der Waals surface area (Å²) in [6.07, 6.45) is 2.87. The number of carbonyl (C=O) groups excluding carboxylic acids is 1. The lowest BCUT2D eigenvalue weighted by Gasteiger charge is -1.94. The fourth-order valence-corrected chi connectivity index (χ4v) is 2.02. The van der Waals surface area contributed by atoms with Gasteiger partial charge >= 0.3 is 11.9 Å². The van der Waals surface area contributed by atoms with Gasteiger partial charge in [0.1, 0.15) is 4.88 Å². The molecule has 4 nitrogen and oxygen atoms in total. The number of esters is 1. The van der Waals surface area contributed by atoms with Crippen LogP contribution in [0.2, 0.25) is 0 Å². The maximum absolute atomic E-state index is 11.0. The molecule has 0 bridgehead atoms. The molecule has 0 spiro atoms. The van der Waals surface area contributed by atoms with Gasteiger partial charge in [-0.1, -0.05) is 0 Å². The molecular formula is C11H12O4S. The van der Waals surface area contributed by atoms with Crippen molar-refractivity contribution in [3.63, 3.8) is 0 Å². The molecule has 0 aliphatic carbocycles. The molecule has 0 amide bonds. The molecule has 0 saturated carbocycles. The molecule has 0 atom stereocenters. The summed E-state index contributed by atoms with van der Waals surface area (Å²) in [5.41, 5.74) is 0.836. The van der Waals surface area contributed by atoms with Crippen LogP contribution in [0.25, 0.3) is 6.08 Å². The number of rotatable bonds is 4. The van der Waals surface area contributed by atoms with E-state index in [0.29, 0.717) is 6.61 Å². The smallest absolute Gasteiger partial charge is 0.345 e. The highest BCUT2D eigenvalue weighted by Gasteiger charge is 2.09. The van der Waals surface area contributed by atoms with E-state index in [4.69, 9.17) is 9.84 Å². The molecule has 0 fully saturated rings. The number of thiophene rings is 1. The maximum Gasteiger partial charge on any atom is 0.345 e. The van der Waals surface area contributed by atoms with Crippen molar-refractivity contribution in [2.75, 3.05) is 6.61 Å². The molecule has 0 radical (unpaired) electrons. The molecule has 1 aromatic heterocycles. The number of aromatic carboxylic acids is 1. The Bertz CT molecular complexity index is 431. The first kappa shape index (κ1) is 12.4. The monoisotopic (exact) mass is 240 g/mol. The Labute approximate surface area is 97.2 Å². The van der Waals surface area contributed by atoms with Crippen LogP contribution in [-0.2, 0) is 9.53 Å². The Morgan fingerprint density at radius 1 is 1.56 bits per heavy atom. The minimum absolute atomic E-state index is 0.265. The summed E-state index contributed by atoms with van der Waals surface area (Å²) in [5, 5.41) is 8.78. The number of aryl methyl sites for hydroxylation is 1. The van der Waals surface area contributed by atoms with Crippen LogP contribution in [0.1, 0.15) is 27.0 Å². The third-order valence-electron chi connectivity index (χ3n) is 1.82. The zero-order chi connectivity index (χ0) is 12.1. The van der Waals surface area contributed by atoms with Gasteiger partial charge in [-0.15, -0.1) is 11.3 Å². The van der Waals surface area contributed by atoms with Gasteiger partial charge in [-0.05, 0) is 31.6 Å². The lowest BCUT2D eigenvalue weighted by atomic mass is 10.2. The SMILES string of the molecule is CCOC(=O)C=Cc1sc(C(=O)O)cc1C. The fraction of sp³-hybridized carbons (Fsp3) is 0.273. The van der Waals surface area contributed by atoms with Crippen LogP contribution >= 0.6 is 11.3 Å². The summed E-state index contributed by atoms with van der Waals surface area (Å²) < 4.78 is 4.72. The second-order valence-corrected chi connectivity index (χ2v) is 4.13. The second-order valence-electron chi connectivity index (χ2n) is 3.05.